The van der Waals surface area contributed by atoms with Crippen LogP contribution in [-0.2, 0) is 6.54 Å². The van der Waals surface area contributed by atoms with E-state index in [1.165, 1.54) is 6.07 Å². The molecule has 6 heteroatoms. The summed E-state index contributed by atoms with van der Waals surface area (Å²) in [6.07, 6.45) is 0. The molecule has 0 saturated carbocycles. The molecule has 0 atom stereocenters. The Balaban J connectivity index is 2.23. The number of methoxy groups -OCH3 is 2. The number of benzene rings is 2. The predicted octanol–water partition coefficient (Wildman–Crippen LogP) is 4.98. The summed E-state index contributed by atoms with van der Waals surface area (Å²) in [6.45, 7) is 0.457. The molecule has 0 amide bonds. The van der Waals surface area contributed by atoms with Gasteiger partial charge in [-0.05, 0) is 61.7 Å². The molecule has 2 aromatic rings. The quantitative estimate of drug-likeness (QED) is 0.742. The second kappa shape index (κ2) is 7.13. The largest absolute Gasteiger partial charge is 0.493 e. The Labute approximate surface area is 139 Å². The van der Waals surface area contributed by atoms with Crippen LogP contribution in [0.25, 0.3) is 0 Å². The van der Waals surface area contributed by atoms with Crippen molar-refractivity contribution < 1.29 is 13.9 Å². The van der Waals surface area contributed by atoms with Crippen LogP contribution in [0.2, 0.25) is 0 Å². The number of halogens is 3. The molecule has 112 valence electrons. The predicted molar refractivity (Wildman–Crippen MR) is 88.7 cm³/mol. The van der Waals surface area contributed by atoms with E-state index in [0.29, 0.717) is 28.2 Å². The van der Waals surface area contributed by atoms with Crippen molar-refractivity contribution in [2.75, 3.05) is 19.5 Å². The first-order valence-corrected chi connectivity index (χ1v) is 7.73. The van der Waals surface area contributed by atoms with Crippen LogP contribution in [0.4, 0.5) is 10.1 Å². The molecule has 0 heterocycles. The lowest BCUT2D eigenvalue weighted by molar-refractivity contribution is 0.352. The van der Waals surface area contributed by atoms with Crippen molar-refractivity contribution in [1.82, 2.24) is 0 Å². The maximum absolute atomic E-state index is 13.8. The number of ether oxygens (including phenoxy) is 2. The van der Waals surface area contributed by atoms with Gasteiger partial charge < -0.3 is 14.8 Å². The molecular formula is C15H14Br2FNO2. The van der Waals surface area contributed by atoms with E-state index in [4.69, 9.17) is 9.47 Å². The van der Waals surface area contributed by atoms with Gasteiger partial charge in [0.05, 0.1) is 24.4 Å². The van der Waals surface area contributed by atoms with Crippen LogP contribution >= 0.6 is 31.9 Å². The average Bonchev–Trinajstić information content (AvgIpc) is 2.46. The Morgan fingerprint density at radius 2 is 1.86 bits per heavy atom. The van der Waals surface area contributed by atoms with Gasteiger partial charge in [0.15, 0.2) is 11.5 Å². The zero-order valence-electron chi connectivity index (χ0n) is 11.5. The topological polar surface area (TPSA) is 30.5 Å². The fourth-order valence-electron chi connectivity index (χ4n) is 1.93. The van der Waals surface area contributed by atoms with Gasteiger partial charge in [0.25, 0.3) is 0 Å². The molecule has 0 unspecified atom stereocenters. The van der Waals surface area contributed by atoms with Crippen LogP contribution in [0.1, 0.15) is 5.56 Å². The van der Waals surface area contributed by atoms with Gasteiger partial charge in [0.2, 0.25) is 0 Å². The standard InChI is InChI=1S/C15H14Br2FNO2/c1-20-13-7-9(6-11(17)15(13)21-2)8-19-14-10(16)4-3-5-12(14)18/h3-7,19H,8H2,1-2H3. The second-order valence-electron chi connectivity index (χ2n) is 4.26. The zero-order chi connectivity index (χ0) is 15.4. The third-order valence-corrected chi connectivity index (χ3v) is 4.18. The monoisotopic (exact) mass is 417 g/mol. The molecule has 2 aromatic carbocycles. The Hall–Kier alpha value is -1.27. The molecule has 21 heavy (non-hydrogen) atoms. The highest BCUT2D eigenvalue weighted by Crippen LogP contribution is 2.36. The van der Waals surface area contributed by atoms with E-state index >= 15 is 0 Å². The number of nitrogens with one attached hydrogen (secondary N) is 1. The molecule has 0 aliphatic rings. The molecule has 2 rings (SSSR count). The fourth-order valence-corrected chi connectivity index (χ4v) is 3.06. The first-order valence-electron chi connectivity index (χ1n) is 6.15. The van der Waals surface area contributed by atoms with E-state index in [1.54, 1.807) is 26.4 Å². The number of anilines is 1. The number of para-hydroxylation sites is 1. The minimum absolute atomic E-state index is 0.302. The van der Waals surface area contributed by atoms with E-state index in [1.807, 2.05) is 12.1 Å². The number of hydrogen-bond acceptors (Lipinski definition) is 3. The van der Waals surface area contributed by atoms with Gasteiger partial charge in [-0.3, -0.25) is 0 Å². The Morgan fingerprint density at radius 3 is 2.48 bits per heavy atom. The minimum atomic E-state index is -0.302. The minimum Gasteiger partial charge on any atom is -0.493 e. The van der Waals surface area contributed by atoms with Crippen molar-refractivity contribution in [3.63, 3.8) is 0 Å². The molecule has 0 aromatic heterocycles. The van der Waals surface area contributed by atoms with Crippen LogP contribution in [-0.4, -0.2) is 14.2 Å². The van der Waals surface area contributed by atoms with Crippen molar-refractivity contribution in [3.8, 4) is 11.5 Å². The fraction of sp³-hybridized carbons (Fsp3) is 0.200. The van der Waals surface area contributed by atoms with E-state index in [2.05, 4.69) is 37.2 Å². The molecule has 0 spiro atoms. The SMILES string of the molecule is COc1cc(CNc2c(F)cccc2Br)cc(Br)c1OC. The van der Waals surface area contributed by atoms with Gasteiger partial charge in [-0.25, -0.2) is 4.39 Å². The lowest BCUT2D eigenvalue weighted by atomic mass is 10.2. The van der Waals surface area contributed by atoms with Crippen molar-refractivity contribution in [1.29, 1.82) is 0 Å². The third-order valence-electron chi connectivity index (χ3n) is 2.93. The van der Waals surface area contributed by atoms with E-state index in [0.717, 1.165) is 10.0 Å². The second-order valence-corrected chi connectivity index (χ2v) is 5.97. The summed E-state index contributed by atoms with van der Waals surface area (Å²) < 4.78 is 25.8. The van der Waals surface area contributed by atoms with Gasteiger partial charge >= 0.3 is 0 Å². The normalized spacial score (nSPS) is 10.3. The highest BCUT2D eigenvalue weighted by Gasteiger charge is 2.11. The van der Waals surface area contributed by atoms with Gasteiger partial charge in [-0.2, -0.15) is 0 Å². The lowest BCUT2D eigenvalue weighted by Gasteiger charge is -2.14. The average molecular weight is 419 g/mol. The maximum atomic E-state index is 13.8. The van der Waals surface area contributed by atoms with Gasteiger partial charge in [0, 0.05) is 11.0 Å². The van der Waals surface area contributed by atoms with Crippen molar-refractivity contribution in [2.24, 2.45) is 0 Å². The lowest BCUT2D eigenvalue weighted by Crippen LogP contribution is -2.03. The van der Waals surface area contributed by atoms with Crippen LogP contribution < -0.4 is 14.8 Å². The molecule has 0 radical (unpaired) electrons. The molecule has 0 bridgehead atoms. The summed E-state index contributed by atoms with van der Waals surface area (Å²) >= 11 is 6.77. The molecule has 1 N–H and O–H groups in total. The highest BCUT2D eigenvalue weighted by molar-refractivity contribution is 9.11. The smallest absolute Gasteiger partial charge is 0.174 e. The Morgan fingerprint density at radius 1 is 1.10 bits per heavy atom. The maximum Gasteiger partial charge on any atom is 0.174 e. The third kappa shape index (κ3) is 3.68. The van der Waals surface area contributed by atoms with Gasteiger partial charge in [-0.15, -0.1) is 0 Å². The summed E-state index contributed by atoms with van der Waals surface area (Å²) in [7, 11) is 3.16. The molecule has 0 aliphatic carbocycles. The van der Waals surface area contributed by atoms with Gasteiger partial charge in [0.1, 0.15) is 5.82 Å². The first-order chi connectivity index (χ1) is 10.1. The molecule has 0 aliphatic heterocycles. The summed E-state index contributed by atoms with van der Waals surface area (Å²) in [4.78, 5) is 0. The van der Waals surface area contributed by atoms with Crippen molar-refractivity contribution in [3.05, 3.63) is 50.7 Å². The van der Waals surface area contributed by atoms with E-state index in [9.17, 15) is 4.39 Å². The van der Waals surface area contributed by atoms with E-state index < -0.39 is 0 Å². The Bertz CT molecular complexity index is 630. The van der Waals surface area contributed by atoms with Crippen molar-refractivity contribution >= 4 is 37.5 Å². The molecule has 0 saturated heterocycles. The van der Waals surface area contributed by atoms with Crippen molar-refractivity contribution in [2.45, 2.75) is 6.54 Å². The molecular weight excluding hydrogens is 405 g/mol. The van der Waals surface area contributed by atoms with E-state index in [-0.39, 0.29) is 5.82 Å². The summed E-state index contributed by atoms with van der Waals surface area (Å²) in [5, 5.41) is 3.07. The highest BCUT2D eigenvalue weighted by atomic mass is 79.9. The van der Waals surface area contributed by atoms with Crippen LogP contribution in [0, 0.1) is 5.82 Å². The van der Waals surface area contributed by atoms with Crippen LogP contribution in [0.15, 0.2) is 39.3 Å². The molecule has 0 fully saturated rings. The number of rotatable bonds is 5. The van der Waals surface area contributed by atoms with Crippen LogP contribution in [0.3, 0.4) is 0 Å². The first kappa shape index (κ1) is 16.1. The summed E-state index contributed by atoms with van der Waals surface area (Å²) in [5.74, 6) is 0.952. The van der Waals surface area contributed by atoms with Gasteiger partial charge in [-0.1, -0.05) is 6.07 Å². The Kier molecular flexibility index (Phi) is 5.47. The zero-order valence-corrected chi connectivity index (χ0v) is 14.7. The number of hydrogen-bond donors (Lipinski definition) is 1. The van der Waals surface area contributed by atoms with Crippen LogP contribution in [0.5, 0.6) is 11.5 Å². The summed E-state index contributed by atoms with van der Waals surface area (Å²) in [5.41, 5.74) is 1.37. The summed E-state index contributed by atoms with van der Waals surface area (Å²) in [6, 6.07) is 8.61. The molecule has 3 nitrogen and oxygen atoms in total.